The Balaban J connectivity index is 2.62. The largest absolute Gasteiger partial charge is 0.456 e. The summed E-state index contributed by atoms with van der Waals surface area (Å²) in [5.41, 5.74) is 0.419. The lowest BCUT2D eigenvalue weighted by atomic mass is 9.94. The SMILES string of the molecule is C=CC(=O)OC1CCC([Si](C)(C)O[Si](C)(C)C)CC1O. The van der Waals surface area contributed by atoms with E-state index in [0.29, 0.717) is 18.4 Å². The van der Waals surface area contributed by atoms with Gasteiger partial charge in [-0.1, -0.05) is 6.58 Å². The molecule has 4 nitrogen and oxygen atoms in total. The number of carbonyl (C=O) groups excluding carboxylic acids is 1. The minimum absolute atomic E-state index is 0.395. The molecule has 0 spiro atoms. The molecule has 3 atom stereocenters. The van der Waals surface area contributed by atoms with Crippen LogP contribution in [0.4, 0.5) is 0 Å². The van der Waals surface area contributed by atoms with Crippen LogP contribution >= 0.6 is 0 Å². The molecule has 6 heteroatoms. The van der Waals surface area contributed by atoms with Crippen LogP contribution in [-0.4, -0.2) is 39.9 Å². The molecule has 0 saturated heterocycles. The van der Waals surface area contributed by atoms with E-state index in [0.717, 1.165) is 12.5 Å². The molecule has 0 radical (unpaired) electrons. The lowest BCUT2D eigenvalue weighted by Gasteiger charge is -2.42. The number of aliphatic hydroxyl groups excluding tert-OH is 1. The van der Waals surface area contributed by atoms with E-state index < -0.39 is 34.8 Å². The predicted molar refractivity (Wildman–Crippen MR) is 85.6 cm³/mol. The molecule has 1 saturated carbocycles. The van der Waals surface area contributed by atoms with Crippen LogP contribution in [0, 0.1) is 0 Å². The van der Waals surface area contributed by atoms with Gasteiger partial charge in [-0.05, 0) is 57.5 Å². The molecule has 1 aliphatic rings. The molecule has 0 aromatic heterocycles. The molecule has 1 N–H and O–H groups in total. The molecule has 0 heterocycles. The molecule has 0 aromatic carbocycles. The van der Waals surface area contributed by atoms with Crippen molar-refractivity contribution in [2.75, 3.05) is 0 Å². The van der Waals surface area contributed by atoms with Crippen molar-refractivity contribution in [2.45, 2.75) is 69.7 Å². The first-order valence-corrected chi connectivity index (χ1v) is 13.7. The van der Waals surface area contributed by atoms with Crippen molar-refractivity contribution in [1.82, 2.24) is 0 Å². The van der Waals surface area contributed by atoms with Gasteiger partial charge in [-0.3, -0.25) is 0 Å². The predicted octanol–water partition coefficient (Wildman–Crippen LogP) is 3.06. The van der Waals surface area contributed by atoms with Crippen molar-refractivity contribution in [3.8, 4) is 0 Å². The van der Waals surface area contributed by atoms with Gasteiger partial charge in [0.15, 0.2) is 16.6 Å². The van der Waals surface area contributed by atoms with E-state index in [9.17, 15) is 9.90 Å². The average molecular weight is 317 g/mol. The Hall–Kier alpha value is -0.436. The number of carbonyl (C=O) groups is 1. The number of esters is 1. The van der Waals surface area contributed by atoms with Crippen molar-refractivity contribution in [2.24, 2.45) is 0 Å². The fourth-order valence-corrected chi connectivity index (χ4v) is 11.6. The molecule has 3 unspecified atom stereocenters. The summed E-state index contributed by atoms with van der Waals surface area (Å²) in [5.74, 6) is -0.456. The summed E-state index contributed by atoms with van der Waals surface area (Å²) in [7, 11) is -3.38. The second-order valence-electron chi connectivity index (χ2n) is 7.07. The number of ether oxygens (including phenoxy) is 1. The van der Waals surface area contributed by atoms with E-state index in [1.54, 1.807) is 0 Å². The van der Waals surface area contributed by atoms with E-state index in [1.165, 1.54) is 0 Å². The Morgan fingerprint density at radius 1 is 1.25 bits per heavy atom. The van der Waals surface area contributed by atoms with Crippen LogP contribution in [0.25, 0.3) is 0 Å². The van der Waals surface area contributed by atoms with Crippen LogP contribution < -0.4 is 0 Å². The second kappa shape index (κ2) is 6.55. The molecule has 20 heavy (non-hydrogen) atoms. The zero-order chi connectivity index (χ0) is 15.6. The highest BCUT2D eigenvalue weighted by Crippen LogP contribution is 2.39. The number of hydrogen-bond donors (Lipinski definition) is 1. The first kappa shape index (κ1) is 17.6. The average Bonchev–Trinajstić information content (AvgIpc) is 2.28. The number of aliphatic hydroxyl groups is 1. The highest BCUT2D eigenvalue weighted by molar-refractivity contribution is 6.85. The monoisotopic (exact) mass is 316 g/mol. The molecule has 0 aliphatic heterocycles. The molecule has 1 aliphatic carbocycles. The lowest BCUT2D eigenvalue weighted by molar-refractivity contribution is -0.151. The molecular weight excluding hydrogens is 288 g/mol. The van der Waals surface area contributed by atoms with E-state index in [-0.39, 0.29) is 0 Å². The Labute approximate surface area is 124 Å². The van der Waals surface area contributed by atoms with Gasteiger partial charge in [0.2, 0.25) is 0 Å². The Bertz CT molecular complexity index is 363. The van der Waals surface area contributed by atoms with E-state index >= 15 is 0 Å². The van der Waals surface area contributed by atoms with Gasteiger partial charge < -0.3 is 14.0 Å². The third-order valence-electron chi connectivity index (χ3n) is 3.74. The summed E-state index contributed by atoms with van der Waals surface area (Å²) in [6, 6.07) is 0. The molecule has 1 rings (SSSR count). The maximum atomic E-state index is 11.2. The Kier molecular flexibility index (Phi) is 5.77. The van der Waals surface area contributed by atoms with Crippen molar-refractivity contribution in [3.63, 3.8) is 0 Å². The van der Waals surface area contributed by atoms with E-state index in [4.69, 9.17) is 8.85 Å². The molecule has 1 fully saturated rings. The summed E-state index contributed by atoms with van der Waals surface area (Å²) < 4.78 is 11.6. The van der Waals surface area contributed by atoms with Crippen molar-refractivity contribution in [1.29, 1.82) is 0 Å². The minimum atomic E-state index is -1.82. The Morgan fingerprint density at radius 3 is 2.30 bits per heavy atom. The van der Waals surface area contributed by atoms with Gasteiger partial charge >= 0.3 is 5.97 Å². The molecule has 0 bridgehead atoms. The van der Waals surface area contributed by atoms with Gasteiger partial charge in [0.05, 0.1) is 6.10 Å². The van der Waals surface area contributed by atoms with Crippen LogP contribution in [0.5, 0.6) is 0 Å². The van der Waals surface area contributed by atoms with Crippen LogP contribution in [0.1, 0.15) is 19.3 Å². The maximum Gasteiger partial charge on any atom is 0.330 e. The van der Waals surface area contributed by atoms with Crippen LogP contribution in [0.3, 0.4) is 0 Å². The van der Waals surface area contributed by atoms with Gasteiger partial charge in [-0.25, -0.2) is 4.79 Å². The summed E-state index contributed by atoms with van der Waals surface area (Å²) >= 11 is 0. The fraction of sp³-hybridized carbons (Fsp3) is 0.786. The van der Waals surface area contributed by atoms with Gasteiger partial charge in [0.25, 0.3) is 0 Å². The fourth-order valence-electron chi connectivity index (χ4n) is 2.96. The molecule has 0 amide bonds. The third-order valence-corrected chi connectivity index (χ3v) is 10.8. The molecule has 116 valence electrons. The molecule has 0 aromatic rings. The van der Waals surface area contributed by atoms with Crippen molar-refractivity contribution in [3.05, 3.63) is 12.7 Å². The maximum absolute atomic E-state index is 11.2. The van der Waals surface area contributed by atoms with Crippen LogP contribution in [0.15, 0.2) is 12.7 Å². The van der Waals surface area contributed by atoms with Crippen molar-refractivity contribution >= 4 is 22.6 Å². The van der Waals surface area contributed by atoms with Crippen LogP contribution in [0.2, 0.25) is 38.3 Å². The van der Waals surface area contributed by atoms with Gasteiger partial charge in [-0.15, -0.1) is 0 Å². The first-order chi connectivity index (χ1) is 9.05. The van der Waals surface area contributed by atoms with Gasteiger partial charge in [0, 0.05) is 6.08 Å². The lowest BCUT2D eigenvalue weighted by Crippen LogP contribution is -2.49. The van der Waals surface area contributed by atoms with E-state index in [2.05, 4.69) is 39.3 Å². The summed E-state index contributed by atoms with van der Waals surface area (Å²) in [4.78, 5) is 11.2. The van der Waals surface area contributed by atoms with Gasteiger partial charge in [0.1, 0.15) is 6.10 Å². The molecular formula is C14H28O4Si2. The second-order valence-corrected chi connectivity index (χ2v) is 16.1. The van der Waals surface area contributed by atoms with Crippen LogP contribution in [-0.2, 0) is 13.6 Å². The summed E-state index contributed by atoms with van der Waals surface area (Å²) in [6.07, 6.45) is 2.49. The van der Waals surface area contributed by atoms with E-state index in [1.807, 2.05) is 0 Å². The smallest absolute Gasteiger partial charge is 0.330 e. The minimum Gasteiger partial charge on any atom is -0.456 e. The highest BCUT2D eigenvalue weighted by Gasteiger charge is 2.43. The zero-order valence-electron chi connectivity index (χ0n) is 13.3. The first-order valence-electron chi connectivity index (χ1n) is 7.26. The highest BCUT2D eigenvalue weighted by atomic mass is 28.4. The number of hydrogen-bond acceptors (Lipinski definition) is 4. The summed E-state index contributed by atoms with van der Waals surface area (Å²) in [6.45, 7) is 14.5. The standard InChI is InChI=1S/C14H28O4Si2/c1-7-14(16)17-13-9-8-11(10-12(13)15)20(5,6)18-19(2,3)4/h7,11-13,15H,1,8-10H2,2-6H3. The quantitative estimate of drug-likeness (QED) is 0.481. The Morgan fingerprint density at radius 2 is 1.85 bits per heavy atom. The number of rotatable bonds is 5. The summed E-state index contributed by atoms with van der Waals surface area (Å²) in [5, 5.41) is 10.2. The normalized spacial score (nSPS) is 28.0. The zero-order valence-corrected chi connectivity index (χ0v) is 15.3. The third kappa shape index (κ3) is 5.16. The van der Waals surface area contributed by atoms with Crippen molar-refractivity contribution < 1.29 is 18.8 Å². The topological polar surface area (TPSA) is 55.8 Å². The van der Waals surface area contributed by atoms with Gasteiger partial charge in [-0.2, -0.15) is 0 Å².